The number of hydrogen-bond acceptors (Lipinski definition) is 5. The van der Waals surface area contributed by atoms with Crippen LogP contribution in [-0.4, -0.2) is 39.1 Å². The molecule has 0 fully saturated rings. The number of aromatic carboxylic acids is 1. The molecule has 0 atom stereocenters. The van der Waals surface area contributed by atoms with E-state index in [9.17, 15) is 9.59 Å². The van der Waals surface area contributed by atoms with Gasteiger partial charge in [0.15, 0.2) is 0 Å². The van der Waals surface area contributed by atoms with E-state index in [4.69, 9.17) is 9.84 Å². The minimum atomic E-state index is -0.943. The van der Waals surface area contributed by atoms with Crippen molar-refractivity contribution in [2.24, 2.45) is 0 Å². The second-order valence-electron chi connectivity index (χ2n) is 5.93. The van der Waals surface area contributed by atoms with Gasteiger partial charge in [-0.15, -0.1) is 11.3 Å². The second-order valence-corrected chi connectivity index (χ2v) is 6.84. The van der Waals surface area contributed by atoms with E-state index in [0.717, 1.165) is 10.4 Å². The molecule has 0 aliphatic carbocycles. The van der Waals surface area contributed by atoms with Crippen LogP contribution in [-0.2, 0) is 11.3 Å². The molecule has 0 aromatic carbocycles. The Kier molecular flexibility index (Phi) is 5.05. The van der Waals surface area contributed by atoms with E-state index >= 15 is 0 Å². The molecule has 1 amide bonds. The van der Waals surface area contributed by atoms with Crippen LogP contribution in [0.25, 0.3) is 10.4 Å². The third-order valence-corrected chi connectivity index (χ3v) is 3.75. The van der Waals surface area contributed by atoms with Gasteiger partial charge in [0.05, 0.1) is 18.3 Å². The summed E-state index contributed by atoms with van der Waals surface area (Å²) < 4.78 is 6.83. The quantitative estimate of drug-likeness (QED) is 0.875. The lowest BCUT2D eigenvalue weighted by Crippen LogP contribution is -2.34. The summed E-state index contributed by atoms with van der Waals surface area (Å²) in [6.07, 6.45) is 3.02. The predicted molar refractivity (Wildman–Crippen MR) is 86.7 cm³/mol. The molecule has 0 aliphatic rings. The number of carbonyl (C=O) groups excluding carboxylic acids is 1. The van der Waals surface area contributed by atoms with Crippen LogP contribution >= 0.6 is 11.3 Å². The molecule has 0 bridgehead atoms. The number of thiophene rings is 1. The topological polar surface area (TPSA) is 93.5 Å². The first kappa shape index (κ1) is 17.0. The average Bonchev–Trinajstić information content (AvgIpc) is 3.04. The maximum absolute atomic E-state index is 11.5. The number of carboxylic acid groups (broad SMARTS) is 1. The Labute approximate surface area is 137 Å². The molecule has 7 nitrogen and oxygen atoms in total. The molecule has 0 saturated heterocycles. The molecule has 2 aromatic rings. The summed E-state index contributed by atoms with van der Waals surface area (Å²) in [5.41, 5.74) is 0.591. The van der Waals surface area contributed by atoms with Gasteiger partial charge in [0.2, 0.25) is 0 Å². The number of carbonyl (C=O) groups is 2. The molecule has 0 saturated carbocycles. The van der Waals surface area contributed by atoms with Gasteiger partial charge in [-0.1, -0.05) is 0 Å². The molecular weight excluding hydrogens is 318 g/mol. The van der Waals surface area contributed by atoms with E-state index in [0.29, 0.717) is 13.1 Å². The van der Waals surface area contributed by atoms with Crippen molar-refractivity contribution in [3.8, 4) is 10.4 Å². The van der Waals surface area contributed by atoms with Crippen molar-refractivity contribution < 1.29 is 19.4 Å². The van der Waals surface area contributed by atoms with Crippen LogP contribution in [0.15, 0.2) is 23.8 Å². The van der Waals surface area contributed by atoms with Crippen molar-refractivity contribution >= 4 is 23.4 Å². The summed E-state index contributed by atoms with van der Waals surface area (Å²) in [6.45, 7) is 6.30. The summed E-state index contributed by atoms with van der Waals surface area (Å²) in [4.78, 5) is 23.3. The van der Waals surface area contributed by atoms with Crippen LogP contribution in [0, 0.1) is 0 Å². The minimum Gasteiger partial charge on any atom is -0.478 e. The Morgan fingerprint density at radius 1 is 1.43 bits per heavy atom. The van der Waals surface area contributed by atoms with E-state index in [-0.39, 0.29) is 5.56 Å². The van der Waals surface area contributed by atoms with E-state index in [1.54, 1.807) is 43.1 Å². The van der Waals surface area contributed by atoms with Crippen LogP contribution in [0.3, 0.4) is 0 Å². The molecule has 2 heterocycles. The molecule has 0 spiro atoms. The van der Waals surface area contributed by atoms with E-state index in [1.165, 1.54) is 11.3 Å². The number of nitrogens with one attached hydrogen (secondary N) is 1. The first-order valence-electron chi connectivity index (χ1n) is 7.06. The summed E-state index contributed by atoms with van der Waals surface area (Å²) in [6, 6.07) is 1.62. The molecular formula is C15H19N3O4S. The summed E-state index contributed by atoms with van der Waals surface area (Å²) in [7, 11) is 0. The highest BCUT2D eigenvalue weighted by molar-refractivity contribution is 7.13. The van der Waals surface area contributed by atoms with Crippen LogP contribution in [0.2, 0.25) is 0 Å². The highest BCUT2D eigenvalue weighted by Gasteiger charge is 2.15. The van der Waals surface area contributed by atoms with Crippen molar-refractivity contribution in [2.75, 3.05) is 6.54 Å². The number of nitrogens with zero attached hydrogens (tertiary/aromatic N) is 2. The van der Waals surface area contributed by atoms with Gasteiger partial charge in [0.25, 0.3) is 0 Å². The molecule has 2 N–H and O–H groups in total. The number of carboxylic acids is 1. The maximum Gasteiger partial charge on any atom is 0.407 e. The molecule has 0 unspecified atom stereocenters. The zero-order valence-electron chi connectivity index (χ0n) is 13.2. The number of rotatable bonds is 5. The van der Waals surface area contributed by atoms with Crippen molar-refractivity contribution in [3.05, 3.63) is 29.4 Å². The van der Waals surface area contributed by atoms with Gasteiger partial charge in [0, 0.05) is 28.6 Å². The second kappa shape index (κ2) is 6.82. The SMILES string of the molecule is CC(C)(C)OC(=O)NCCn1cc(-c2cc(C(=O)O)cs2)cn1. The molecule has 0 radical (unpaired) electrons. The third-order valence-electron chi connectivity index (χ3n) is 2.77. The van der Waals surface area contributed by atoms with Crippen LogP contribution in [0.5, 0.6) is 0 Å². The zero-order chi connectivity index (χ0) is 17.0. The van der Waals surface area contributed by atoms with Gasteiger partial charge in [-0.05, 0) is 26.8 Å². The summed E-state index contributed by atoms with van der Waals surface area (Å²) in [5, 5.41) is 17.4. The molecule has 2 aromatic heterocycles. The summed E-state index contributed by atoms with van der Waals surface area (Å²) in [5.74, 6) is -0.943. The summed E-state index contributed by atoms with van der Waals surface area (Å²) >= 11 is 1.36. The van der Waals surface area contributed by atoms with E-state index in [1.807, 2.05) is 6.20 Å². The minimum absolute atomic E-state index is 0.268. The van der Waals surface area contributed by atoms with E-state index in [2.05, 4.69) is 10.4 Å². The number of hydrogen-bond donors (Lipinski definition) is 2. The monoisotopic (exact) mass is 337 g/mol. The van der Waals surface area contributed by atoms with Crippen LogP contribution < -0.4 is 5.32 Å². The Morgan fingerprint density at radius 2 is 2.17 bits per heavy atom. The Bertz CT molecular complexity index is 700. The fourth-order valence-corrected chi connectivity index (χ4v) is 2.66. The number of amides is 1. The third kappa shape index (κ3) is 5.10. The normalized spacial score (nSPS) is 11.3. The number of ether oxygens (including phenoxy) is 1. The molecule has 124 valence electrons. The van der Waals surface area contributed by atoms with Gasteiger partial charge >= 0.3 is 12.1 Å². The maximum atomic E-state index is 11.5. The number of aromatic nitrogens is 2. The first-order valence-corrected chi connectivity index (χ1v) is 7.94. The average molecular weight is 337 g/mol. The Hall–Kier alpha value is -2.35. The standard InChI is InChI=1S/C15H19N3O4S/c1-15(2,3)22-14(21)16-4-5-18-8-11(7-17-18)12-6-10(9-23-12)13(19)20/h6-9H,4-5H2,1-3H3,(H,16,21)(H,19,20). The van der Waals surface area contributed by atoms with Gasteiger partial charge in [-0.25, -0.2) is 9.59 Å². The fraction of sp³-hybridized carbons (Fsp3) is 0.400. The van der Waals surface area contributed by atoms with Crippen molar-refractivity contribution in [3.63, 3.8) is 0 Å². The molecule has 23 heavy (non-hydrogen) atoms. The van der Waals surface area contributed by atoms with Crippen LogP contribution in [0.4, 0.5) is 4.79 Å². The zero-order valence-corrected chi connectivity index (χ0v) is 14.0. The number of alkyl carbamates (subject to hydrolysis) is 1. The molecule has 0 aliphatic heterocycles. The Morgan fingerprint density at radius 3 is 2.78 bits per heavy atom. The first-order chi connectivity index (χ1) is 10.7. The predicted octanol–water partition coefficient (Wildman–Crippen LogP) is 2.83. The lowest BCUT2D eigenvalue weighted by atomic mass is 10.2. The van der Waals surface area contributed by atoms with Gasteiger partial charge in [-0.3, -0.25) is 4.68 Å². The smallest absolute Gasteiger partial charge is 0.407 e. The fourth-order valence-electron chi connectivity index (χ4n) is 1.80. The molecule has 2 rings (SSSR count). The largest absolute Gasteiger partial charge is 0.478 e. The van der Waals surface area contributed by atoms with Crippen LogP contribution in [0.1, 0.15) is 31.1 Å². The lowest BCUT2D eigenvalue weighted by molar-refractivity contribution is 0.0525. The van der Waals surface area contributed by atoms with Gasteiger partial charge in [-0.2, -0.15) is 5.10 Å². The molecule has 8 heteroatoms. The Balaban J connectivity index is 1.87. The van der Waals surface area contributed by atoms with Crippen molar-refractivity contribution in [1.29, 1.82) is 0 Å². The highest BCUT2D eigenvalue weighted by atomic mass is 32.1. The van der Waals surface area contributed by atoms with Gasteiger partial charge in [0.1, 0.15) is 5.60 Å². The van der Waals surface area contributed by atoms with Crippen molar-refractivity contribution in [2.45, 2.75) is 32.9 Å². The van der Waals surface area contributed by atoms with Crippen molar-refractivity contribution in [1.82, 2.24) is 15.1 Å². The van der Waals surface area contributed by atoms with Gasteiger partial charge < -0.3 is 15.2 Å². The lowest BCUT2D eigenvalue weighted by Gasteiger charge is -2.19. The van der Waals surface area contributed by atoms with E-state index < -0.39 is 17.7 Å². The highest BCUT2D eigenvalue weighted by Crippen LogP contribution is 2.26.